The van der Waals surface area contributed by atoms with E-state index in [-0.39, 0.29) is 11.8 Å². The van der Waals surface area contributed by atoms with Crippen LogP contribution >= 0.6 is 0 Å². The normalized spacial score (nSPS) is 24.6. The number of aliphatic hydroxyl groups excluding tert-OH is 1. The van der Waals surface area contributed by atoms with Gasteiger partial charge >= 0.3 is 0 Å². The van der Waals surface area contributed by atoms with E-state index >= 15 is 0 Å². The average Bonchev–Trinajstić information content (AvgIpc) is 3.50. The number of nitriles is 1. The summed E-state index contributed by atoms with van der Waals surface area (Å²) in [4.78, 5) is 4.47. The second-order valence-corrected chi connectivity index (χ2v) is 10.3. The molecule has 2 aliphatic carbocycles. The summed E-state index contributed by atoms with van der Waals surface area (Å²) in [5.41, 5.74) is 6.35. The molecule has 0 spiro atoms. The molecule has 0 aliphatic heterocycles. The molecule has 0 bridgehead atoms. The number of nitrogens with zero attached hydrogens (tertiary/aromatic N) is 7. The van der Waals surface area contributed by atoms with E-state index in [2.05, 4.69) is 33.3 Å². The van der Waals surface area contributed by atoms with E-state index in [1.54, 1.807) is 13.1 Å². The molecule has 1 N–H and O–H groups in total. The van der Waals surface area contributed by atoms with Crippen LogP contribution in [0.2, 0.25) is 0 Å². The third-order valence-corrected chi connectivity index (χ3v) is 7.96. The molecule has 3 aromatic heterocycles. The number of allylic oxidation sites excluding steroid dienone is 1. The van der Waals surface area contributed by atoms with Gasteiger partial charge < -0.3 is 9.63 Å². The van der Waals surface area contributed by atoms with E-state index < -0.39 is 11.5 Å². The molecule has 37 heavy (non-hydrogen) atoms. The van der Waals surface area contributed by atoms with Gasteiger partial charge in [-0.3, -0.25) is 0 Å². The van der Waals surface area contributed by atoms with Crippen molar-refractivity contribution in [2.45, 2.75) is 52.1 Å². The molecule has 0 saturated heterocycles. The van der Waals surface area contributed by atoms with E-state index in [1.807, 2.05) is 54.9 Å². The molecule has 6 rings (SSSR count). The van der Waals surface area contributed by atoms with Crippen LogP contribution < -0.4 is 0 Å². The number of aryl methyl sites for hydroxylation is 2. The van der Waals surface area contributed by atoms with Gasteiger partial charge in [-0.05, 0) is 62.3 Å². The smallest absolute Gasteiger partial charge is 0.278 e. The first-order valence-corrected chi connectivity index (χ1v) is 12.4. The zero-order valence-electron chi connectivity index (χ0n) is 21.2. The average molecular weight is 494 g/mol. The molecule has 4 aromatic rings. The first kappa shape index (κ1) is 23.3. The predicted octanol–water partition coefficient (Wildman–Crippen LogP) is 4.28. The van der Waals surface area contributed by atoms with Gasteiger partial charge in [0.1, 0.15) is 0 Å². The minimum absolute atomic E-state index is 0.0694. The first-order valence-electron chi connectivity index (χ1n) is 12.4. The van der Waals surface area contributed by atoms with Gasteiger partial charge in [0, 0.05) is 16.5 Å². The Labute approximate surface area is 214 Å². The van der Waals surface area contributed by atoms with E-state index in [0.717, 1.165) is 46.6 Å². The van der Waals surface area contributed by atoms with Crippen LogP contribution in [0.4, 0.5) is 0 Å². The van der Waals surface area contributed by atoms with Crippen molar-refractivity contribution < 1.29 is 9.63 Å². The van der Waals surface area contributed by atoms with Gasteiger partial charge in [-0.25, -0.2) is 4.68 Å². The maximum absolute atomic E-state index is 10.8. The van der Waals surface area contributed by atoms with Crippen molar-refractivity contribution in [2.24, 2.45) is 11.8 Å². The quantitative estimate of drug-likeness (QED) is 0.448. The first-order chi connectivity index (χ1) is 17.8. The van der Waals surface area contributed by atoms with Crippen molar-refractivity contribution in [3.05, 3.63) is 71.0 Å². The number of hydrogen-bond acceptors (Lipinski definition) is 8. The lowest BCUT2D eigenvalue weighted by Crippen LogP contribution is -2.47. The lowest BCUT2D eigenvalue weighted by Gasteiger charge is -2.47. The highest BCUT2D eigenvalue weighted by Gasteiger charge is 2.51. The number of aromatic nitrogens is 6. The monoisotopic (exact) mass is 493 g/mol. The molecule has 1 aromatic carbocycles. The second kappa shape index (κ2) is 8.46. The van der Waals surface area contributed by atoms with E-state index in [9.17, 15) is 10.4 Å². The van der Waals surface area contributed by atoms with E-state index in [1.165, 1.54) is 0 Å². The van der Waals surface area contributed by atoms with Crippen LogP contribution in [0.15, 0.2) is 52.7 Å². The summed E-state index contributed by atoms with van der Waals surface area (Å²) in [5.74, 6) is 1.01. The summed E-state index contributed by atoms with van der Waals surface area (Å²) >= 11 is 0. The second-order valence-electron chi connectivity index (χ2n) is 10.3. The molecule has 2 aliphatic rings. The zero-order valence-corrected chi connectivity index (χ0v) is 21.2. The number of aliphatic hydroxyl groups is 1. The lowest BCUT2D eigenvalue weighted by atomic mass is 9.57. The molecule has 0 fully saturated rings. The predicted molar refractivity (Wildman–Crippen MR) is 135 cm³/mol. The van der Waals surface area contributed by atoms with Crippen LogP contribution in [0, 0.1) is 37.0 Å². The topological polar surface area (TPSA) is 127 Å². The molecule has 3 heterocycles. The molecular formula is C28H27N7O2. The molecular weight excluding hydrogens is 466 g/mol. The summed E-state index contributed by atoms with van der Waals surface area (Å²) in [5, 5.41) is 37.8. The van der Waals surface area contributed by atoms with Crippen molar-refractivity contribution in [1.29, 1.82) is 5.26 Å². The van der Waals surface area contributed by atoms with Gasteiger partial charge in [-0.15, -0.1) is 0 Å². The minimum Gasteiger partial charge on any atom is -0.387 e. The zero-order chi connectivity index (χ0) is 25.9. The van der Waals surface area contributed by atoms with Gasteiger partial charge in [0.05, 0.1) is 41.0 Å². The fourth-order valence-corrected chi connectivity index (χ4v) is 6.19. The highest BCUT2D eigenvalue weighted by Crippen LogP contribution is 2.52. The van der Waals surface area contributed by atoms with E-state index in [0.29, 0.717) is 23.0 Å². The van der Waals surface area contributed by atoms with Crippen LogP contribution in [-0.2, 0) is 11.8 Å². The van der Waals surface area contributed by atoms with Crippen LogP contribution in [0.1, 0.15) is 43.0 Å². The molecule has 186 valence electrons. The van der Waals surface area contributed by atoms with Gasteiger partial charge in [0.2, 0.25) is 0 Å². The Morgan fingerprint density at radius 1 is 1.19 bits per heavy atom. The Morgan fingerprint density at radius 2 is 1.97 bits per heavy atom. The van der Waals surface area contributed by atoms with Crippen molar-refractivity contribution >= 4 is 0 Å². The van der Waals surface area contributed by atoms with Crippen LogP contribution in [0.25, 0.3) is 28.4 Å². The fourth-order valence-electron chi connectivity index (χ4n) is 6.19. The van der Waals surface area contributed by atoms with Crippen LogP contribution in [-0.4, -0.2) is 41.3 Å². The van der Waals surface area contributed by atoms with Gasteiger partial charge in [0.25, 0.3) is 5.89 Å². The largest absolute Gasteiger partial charge is 0.387 e. The maximum atomic E-state index is 10.8. The third kappa shape index (κ3) is 3.59. The number of rotatable bonds is 3. The fraction of sp³-hybridized carbons (Fsp3) is 0.357. The molecule has 9 heteroatoms. The minimum atomic E-state index is -0.768. The number of benzene rings is 1. The van der Waals surface area contributed by atoms with Crippen molar-refractivity contribution in [2.75, 3.05) is 0 Å². The van der Waals surface area contributed by atoms with Gasteiger partial charge in [-0.1, -0.05) is 37.2 Å². The van der Waals surface area contributed by atoms with Gasteiger partial charge in [-0.2, -0.15) is 25.5 Å². The number of hydrogen-bond donors (Lipinski definition) is 1. The van der Waals surface area contributed by atoms with Crippen LogP contribution in [0.3, 0.4) is 0 Å². The Morgan fingerprint density at radius 3 is 2.65 bits per heavy atom. The SMILES string of the molecule is Cc1cc(-c2ccc(-n3nc(-c4nc(C)no4)c4c3[C@]3(C)C=C(C#N)C(O)[C@H](C)[C@H]3CC4)cc2)cnn1. The molecule has 0 saturated carbocycles. The van der Waals surface area contributed by atoms with Gasteiger partial charge in [0.15, 0.2) is 11.5 Å². The lowest BCUT2D eigenvalue weighted by molar-refractivity contribution is 0.0664. The summed E-state index contributed by atoms with van der Waals surface area (Å²) in [6, 6.07) is 12.4. The highest BCUT2D eigenvalue weighted by molar-refractivity contribution is 5.65. The summed E-state index contributed by atoms with van der Waals surface area (Å²) in [6.07, 6.45) is 4.55. The Bertz CT molecular complexity index is 1580. The Hall–Kier alpha value is -4.16. The summed E-state index contributed by atoms with van der Waals surface area (Å²) < 4.78 is 7.50. The molecule has 4 atom stereocenters. The third-order valence-electron chi connectivity index (χ3n) is 7.96. The maximum Gasteiger partial charge on any atom is 0.278 e. The molecule has 0 amide bonds. The summed E-state index contributed by atoms with van der Waals surface area (Å²) in [6.45, 7) is 7.89. The van der Waals surface area contributed by atoms with E-state index in [4.69, 9.17) is 9.62 Å². The summed E-state index contributed by atoms with van der Waals surface area (Å²) in [7, 11) is 0. The molecule has 0 radical (unpaired) electrons. The number of fused-ring (bicyclic) bond motifs is 3. The van der Waals surface area contributed by atoms with Crippen LogP contribution in [0.5, 0.6) is 0 Å². The Kier molecular flexibility index (Phi) is 5.31. The highest BCUT2D eigenvalue weighted by atomic mass is 16.5. The standard InChI is InChI=1S/C28H27N7O2/c1-15-11-19(14-30-32-15)18-5-7-21(8-6-18)35-26-22(24(33-35)27-31-17(3)34-37-27)9-10-23-16(2)25(36)20(13-29)12-28(23,26)4/h5-8,11-12,14,16,23,25,36H,9-10H2,1-4H3/t16-,23-,25?,28-/m1/s1. The Balaban J connectivity index is 1.55. The van der Waals surface area contributed by atoms with Crippen molar-refractivity contribution in [3.63, 3.8) is 0 Å². The van der Waals surface area contributed by atoms with Crippen molar-refractivity contribution in [3.8, 4) is 34.5 Å². The van der Waals surface area contributed by atoms with Crippen molar-refractivity contribution in [1.82, 2.24) is 30.1 Å². The molecule has 9 nitrogen and oxygen atoms in total. The molecule has 1 unspecified atom stereocenters.